The molecule has 1 aliphatic rings. The second kappa shape index (κ2) is 3.00. The van der Waals surface area contributed by atoms with Gasteiger partial charge >= 0.3 is 0 Å². The van der Waals surface area contributed by atoms with Gasteiger partial charge in [0.25, 0.3) is 0 Å². The Bertz CT molecular complexity index is 308. The number of hydrogen-bond donors (Lipinski definition) is 1. The zero-order valence-corrected chi connectivity index (χ0v) is 8.00. The van der Waals surface area contributed by atoms with Crippen molar-refractivity contribution in [1.82, 2.24) is 10.3 Å². The molecular formula is C10H14N2O. The van der Waals surface area contributed by atoms with E-state index >= 15 is 0 Å². The summed E-state index contributed by atoms with van der Waals surface area (Å²) in [6, 6.07) is 5.90. The Kier molecular flexibility index (Phi) is 1.96. The molecule has 3 nitrogen and oxygen atoms in total. The lowest BCUT2D eigenvalue weighted by Crippen LogP contribution is -2.25. The number of pyridine rings is 1. The summed E-state index contributed by atoms with van der Waals surface area (Å²) >= 11 is 0. The molecule has 0 aromatic carbocycles. The fraction of sp³-hybridized carbons (Fsp3) is 0.500. The van der Waals surface area contributed by atoms with E-state index < -0.39 is 0 Å². The lowest BCUT2D eigenvalue weighted by atomic mass is 10.1. The normalized spacial score (nSPS) is 18.3. The Labute approximate surface area is 78.1 Å². The first kappa shape index (κ1) is 8.51. The predicted molar refractivity (Wildman–Crippen MR) is 50.8 cm³/mol. The topological polar surface area (TPSA) is 34.1 Å². The highest BCUT2D eigenvalue weighted by molar-refractivity contribution is 5.26. The van der Waals surface area contributed by atoms with Crippen molar-refractivity contribution in [3.63, 3.8) is 0 Å². The molecule has 0 radical (unpaired) electrons. The van der Waals surface area contributed by atoms with Crippen molar-refractivity contribution in [3.05, 3.63) is 23.9 Å². The van der Waals surface area contributed by atoms with Crippen LogP contribution in [0.4, 0.5) is 0 Å². The van der Waals surface area contributed by atoms with E-state index in [1.807, 2.05) is 25.2 Å². The van der Waals surface area contributed by atoms with Gasteiger partial charge in [0, 0.05) is 6.07 Å². The smallest absolute Gasteiger partial charge is 0.213 e. The van der Waals surface area contributed by atoms with Gasteiger partial charge < -0.3 is 10.1 Å². The average molecular weight is 178 g/mol. The minimum atomic E-state index is 0.133. The van der Waals surface area contributed by atoms with Crippen LogP contribution in [-0.4, -0.2) is 19.1 Å². The van der Waals surface area contributed by atoms with E-state index in [2.05, 4.69) is 10.3 Å². The van der Waals surface area contributed by atoms with Crippen LogP contribution in [0.2, 0.25) is 0 Å². The Morgan fingerprint density at radius 1 is 1.46 bits per heavy atom. The van der Waals surface area contributed by atoms with Gasteiger partial charge in [0.05, 0.1) is 18.3 Å². The quantitative estimate of drug-likeness (QED) is 0.757. The summed E-state index contributed by atoms with van der Waals surface area (Å²) < 4.78 is 5.08. The molecule has 1 aromatic rings. The molecule has 0 unspecified atom stereocenters. The first-order chi connectivity index (χ1) is 6.30. The third-order valence-electron chi connectivity index (χ3n) is 2.65. The van der Waals surface area contributed by atoms with Gasteiger partial charge in [-0.3, -0.25) is 0 Å². The Morgan fingerprint density at radius 2 is 2.23 bits per heavy atom. The summed E-state index contributed by atoms with van der Waals surface area (Å²) in [6.07, 6.45) is 2.34. The van der Waals surface area contributed by atoms with Crippen molar-refractivity contribution in [2.24, 2.45) is 0 Å². The van der Waals surface area contributed by atoms with Gasteiger partial charge in [-0.2, -0.15) is 0 Å². The van der Waals surface area contributed by atoms with Crippen LogP contribution in [0.15, 0.2) is 18.2 Å². The molecule has 70 valence electrons. The van der Waals surface area contributed by atoms with E-state index in [-0.39, 0.29) is 5.54 Å². The summed E-state index contributed by atoms with van der Waals surface area (Å²) in [7, 11) is 3.62. The maximum absolute atomic E-state index is 5.08. The molecule has 1 N–H and O–H groups in total. The molecule has 1 aliphatic carbocycles. The van der Waals surface area contributed by atoms with Gasteiger partial charge in [-0.1, -0.05) is 6.07 Å². The van der Waals surface area contributed by atoms with Crippen LogP contribution >= 0.6 is 0 Å². The molecule has 3 heteroatoms. The van der Waals surface area contributed by atoms with Crippen LogP contribution in [0.3, 0.4) is 0 Å². The van der Waals surface area contributed by atoms with Crippen LogP contribution in [0.1, 0.15) is 18.5 Å². The van der Waals surface area contributed by atoms with E-state index in [4.69, 9.17) is 4.74 Å². The van der Waals surface area contributed by atoms with Crippen molar-refractivity contribution in [2.45, 2.75) is 18.4 Å². The third kappa shape index (κ3) is 1.40. The summed E-state index contributed by atoms with van der Waals surface area (Å²) in [6.45, 7) is 0. The highest BCUT2D eigenvalue weighted by atomic mass is 16.5. The van der Waals surface area contributed by atoms with Crippen LogP contribution < -0.4 is 10.1 Å². The van der Waals surface area contributed by atoms with Gasteiger partial charge in [-0.05, 0) is 26.0 Å². The Hall–Kier alpha value is -1.09. The third-order valence-corrected chi connectivity index (χ3v) is 2.65. The lowest BCUT2D eigenvalue weighted by Gasteiger charge is -2.13. The van der Waals surface area contributed by atoms with E-state index in [0.29, 0.717) is 5.88 Å². The number of hydrogen-bond acceptors (Lipinski definition) is 3. The summed E-state index contributed by atoms with van der Waals surface area (Å²) in [4.78, 5) is 4.41. The maximum atomic E-state index is 5.08. The van der Waals surface area contributed by atoms with E-state index in [9.17, 15) is 0 Å². The van der Waals surface area contributed by atoms with Crippen LogP contribution in [0, 0.1) is 0 Å². The molecule has 0 spiro atoms. The van der Waals surface area contributed by atoms with Crippen molar-refractivity contribution < 1.29 is 4.74 Å². The number of methoxy groups -OCH3 is 1. The van der Waals surface area contributed by atoms with Crippen molar-refractivity contribution >= 4 is 0 Å². The lowest BCUT2D eigenvalue weighted by molar-refractivity contribution is 0.392. The monoisotopic (exact) mass is 178 g/mol. The highest BCUT2D eigenvalue weighted by Gasteiger charge is 2.44. The van der Waals surface area contributed by atoms with Crippen LogP contribution in [0.25, 0.3) is 0 Å². The molecule has 1 heterocycles. The molecule has 1 saturated carbocycles. The maximum Gasteiger partial charge on any atom is 0.213 e. The van der Waals surface area contributed by atoms with Crippen LogP contribution in [0.5, 0.6) is 5.88 Å². The number of nitrogens with one attached hydrogen (secondary N) is 1. The minimum Gasteiger partial charge on any atom is -0.481 e. The number of ether oxygens (including phenoxy) is 1. The zero-order valence-electron chi connectivity index (χ0n) is 8.00. The first-order valence-corrected chi connectivity index (χ1v) is 4.51. The fourth-order valence-electron chi connectivity index (χ4n) is 1.55. The molecule has 0 bridgehead atoms. The number of nitrogens with zero attached hydrogens (tertiary/aromatic N) is 1. The summed E-state index contributed by atoms with van der Waals surface area (Å²) in [5, 5.41) is 3.30. The van der Waals surface area contributed by atoms with Crippen molar-refractivity contribution in [3.8, 4) is 5.88 Å². The van der Waals surface area contributed by atoms with E-state index in [1.54, 1.807) is 7.11 Å². The summed E-state index contributed by atoms with van der Waals surface area (Å²) in [5.41, 5.74) is 1.23. The van der Waals surface area contributed by atoms with Gasteiger partial charge in [-0.15, -0.1) is 0 Å². The molecule has 0 atom stereocenters. The first-order valence-electron chi connectivity index (χ1n) is 4.51. The van der Waals surface area contributed by atoms with Gasteiger partial charge in [0.1, 0.15) is 0 Å². The molecule has 0 aliphatic heterocycles. The SMILES string of the molecule is CNC1(c2cccc(OC)n2)CC1. The predicted octanol–water partition coefficient (Wildman–Crippen LogP) is 1.30. The number of aromatic nitrogens is 1. The molecule has 13 heavy (non-hydrogen) atoms. The zero-order chi connectivity index (χ0) is 9.31. The van der Waals surface area contributed by atoms with Gasteiger partial charge in [0.2, 0.25) is 5.88 Å². The standard InChI is InChI=1S/C10H14N2O/c1-11-10(6-7-10)8-4-3-5-9(12-8)13-2/h3-5,11H,6-7H2,1-2H3. The summed E-state index contributed by atoms with van der Waals surface area (Å²) in [5.74, 6) is 0.694. The van der Waals surface area contributed by atoms with Crippen molar-refractivity contribution in [1.29, 1.82) is 0 Å². The second-order valence-electron chi connectivity index (χ2n) is 3.40. The molecule has 0 saturated heterocycles. The molecule has 0 amide bonds. The highest BCUT2D eigenvalue weighted by Crippen LogP contribution is 2.44. The van der Waals surface area contributed by atoms with Gasteiger partial charge in [0.15, 0.2) is 0 Å². The second-order valence-corrected chi connectivity index (χ2v) is 3.40. The van der Waals surface area contributed by atoms with E-state index in [1.165, 1.54) is 12.8 Å². The average Bonchev–Trinajstić information content (AvgIpc) is 2.99. The minimum absolute atomic E-state index is 0.133. The molecule has 2 rings (SSSR count). The largest absolute Gasteiger partial charge is 0.481 e. The molecular weight excluding hydrogens is 164 g/mol. The molecule has 1 fully saturated rings. The Balaban J connectivity index is 2.30. The molecule has 1 aromatic heterocycles. The van der Waals surface area contributed by atoms with Crippen LogP contribution in [-0.2, 0) is 5.54 Å². The van der Waals surface area contributed by atoms with E-state index in [0.717, 1.165) is 5.69 Å². The van der Waals surface area contributed by atoms with Gasteiger partial charge in [-0.25, -0.2) is 4.98 Å². The number of rotatable bonds is 3. The Morgan fingerprint density at radius 3 is 2.77 bits per heavy atom. The van der Waals surface area contributed by atoms with Crippen molar-refractivity contribution in [2.75, 3.05) is 14.2 Å². The fourth-order valence-corrected chi connectivity index (χ4v) is 1.55.